The molecule has 1 fully saturated rings. The van der Waals surface area contributed by atoms with Crippen molar-refractivity contribution >= 4 is 34.4 Å². The van der Waals surface area contributed by atoms with Gasteiger partial charge in [-0.15, -0.1) is 0 Å². The van der Waals surface area contributed by atoms with Crippen molar-refractivity contribution in [3.8, 4) is 0 Å². The highest BCUT2D eigenvalue weighted by atomic mass is 35.5. The Kier molecular flexibility index (Phi) is 7.12. The summed E-state index contributed by atoms with van der Waals surface area (Å²) >= 11 is 5.93. The Hall–Kier alpha value is -2.83. The molecule has 1 saturated heterocycles. The van der Waals surface area contributed by atoms with Gasteiger partial charge in [0.25, 0.3) is 5.91 Å². The molecule has 0 bridgehead atoms. The highest BCUT2D eigenvalue weighted by molar-refractivity contribution is 6.30. The number of fused-ring (bicyclic) bond motifs is 1. The predicted octanol–water partition coefficient (Wildman–Crippen LogP) is 3.86. The smallest absolute Gasteiger partial charge is 0.325 e. The quantitative estimate of drug-likeness (QED) is 0.510. The number of para-hydroxylation sites is 1. The molecule has 3 aromatic rings. The summed E-state index contributed by atoms with van der Waals surface area (Å²) in [6.45, 7) is 6.47. The highest BCUT2D eigenvalue weighted by Gasteiger charge is 2.22. The second-order valence-electron chi connectivity index (χ2n) is 8.00. The molecule has 0 spiro atoms. The molecule has 0 aliphatic carbocycles. The van der Waals surface area contributed by atoms with E-state index in [1.807, 2.05) is 34.6 Å². The fourth-order valence-corrected chi connectivity index (χ4v) is 4.35. The molecule has 0 radical (unpaired) electrons. The van der Waals surface area contributed by atoms with Gasteiger partial charge in [0.05, 0.1) is 6.61 Å². The maximum atomic E-state index is 12.7. The fraction of sp³-hybridized carbons (Fsp3) is 0.360. The van der Waals surface area contributed by atoms with Gasteiger partial charge >= 0.3 is 5.97 Å². The van der Waals surface area contributed by atoms with E-state index in [1.165, 1.54) is 10.9 Å². The summed E-state index contributed by atoms with van der Waals surface area (Å²) < 4.78 is 7.10. The molecular formula is C25H28ClN3O3. The first kappa shape index (κ1) is 22.4. The SMILES string of the molecule is CCOC(=O)Cn1cc(CCN2CCN(C(=O)c3ccc(Cl)cc3)CC2)c2ccccc21. The first-order valence-corrected chi connectivity index (χ1v) is 11.4. The van der Waals surface area contributed by atoms with Gasteiger partial charge < -0.3 is 14.2 Å². The van der Waals surface area contributed by atoms with Crippen LogP contribution in [0.25, 0.3) is 10.9 Å². The van der Waals surface area contributed by atoms with E-state index in [0.29, 0.717) is 30.3 Å². The van der Waals surface area contributed by atoms with E-state index in [1.54, 1.807) is 24.3 Å². The summed E-state index contributed by atoms with van der Waals surface area (Å²) in [4.78, 5) is 29.0. The number of piperazine rings is 1. The third-order valence-electron chi connectivity index (χ3n) is 5.92. The van der Waals surface area contributed by atoms with Crippen LogP contribution in [-0.2, 0) is 22.5 Å². The number of nitrogens with zero attached hydrogens (tertiary/aromatic N) is 3. The molecule has 1 aliphatic rings. The number of rotatable bonds is 7. The Morgan fingerprint density at radius 3 is 2.44 bits per heavy atom. The number of benzene rings is 2. The lowest BCUT2D eigenvalue weighted by Crippen LogP contribution is -2.49. The van der Waals surface area contributed by atoms with Crippen LogP contribution in [0.1, 0.15) is 22.8 Å². The van der Waals surface area contributed by atoms with Gasteiger partial charge in [0, 0.05) is 60.4 Å². The van der Waals surface area contributed by atoms with Gasteiger partial charge in [-0.05, 0) is 49.2 Å². The fourth-order valence-electron chi connectivity index (χ4n) is 4.23. The van der Waals surface area contributed by atoms with Crippen LogP contribution in [0.2, 0.25) is 5.02 Å². The van der Waals surface area contributed by atoms with Gasteiger partial charge in [-0.2, -0.15) is 0 Å². The first-order chi connectivity index (χ1) is 15.5. The summed E-state index contributed by atoms with van der Waals surface area (Å²) in [6.07, 6.45) is 2.96. The van der Waals surface area contributed by atoms with Crippen LogP contribution in [0.4, 0.5) is 0 Å². The van der Waals surface area contributed by atoms with Crippen molar-refractivity contribution in [2.24, 2.45) is 0 Å². The maximum Gasteiger partial charge on any atom is 0.325 e. The lowest BCUT2D eigenvalue weighted by molar-refractivity contribution is -0.143. The number of halogens is 1. The average Bonchev–Trinajstić information content (AvgIpc) is 3.15. The van der Waals surface area contributed by atoms with E-state index in [4.69, 9.17) is 16.3 Å². The largest absolute Gasteiger partial charge is 0.465 e. The Labute approximate surface area is 193 Å². The Bertz CT molecular complexity index is 1090. The molecule has 0 unspecified atom stereocenters. The number of hydrogen-bond donors (Lipinski definition) is 0. The van der Waals surface area contributed by atoms with Crippen molar-refractivity contribution in [1.82, 2.24) is 14.4 Å². The van der Waals surface area contributed by atoms with Crippen LogP contribution in [-0.4, -0.2) is 65.6 Å². The summed E-state index contributed by atoms with van der Waals surface area (Å²) in [6, 6.07) is 15.2. The monoisotopic (exact) mass is 453 g/mol. The standard InChI is InChI=1S/C25H28ClN3O3/c1-2-32-24(30)18-29-17-20(22-5-3-4-6-23(22)29)11-12-27-13-15-28(16-14-27)25(31)19-7-9-21(26)10-8-19/h3-10,17H,2,11-16,18H2,1H3. The van der Waals surface area contributed by atoms with Gasteiger partial charge in [-0.3, -0.25) is 14.5 Å². The Morgan fingerprint density at radius 1 is 1.00 bits per heavy atom. The topological polar surface area (TPSA) is 54.8 Å². The molecule has 4 rings (SSSR count). The zero-order valence-corrected chi connectivity index (χ0v) is 19.1. The van der Waals surface area contributed by atoms with Crippen LogP contribution in [0.5, 0.6) is 0 Å². The third kappa shape index (κ3) is 5.14. The minimum atomic E-state index is -0.221. The minimum absolute atomic E-state index is 0.0587. The number of aromatic nitrogens is 1. The van der Waals surface area contributed by atoms with Gasteiger partial charge in [0.1, 0.15) is 6.54 Å². The molecule has 0 atom stereocenters. The zero-order valence-electron chi connectivity index (χ0n) is 18.3. The lowest BCUT2D eigenvalue weighted by atomic mass is 10.1. The normalized spacial score (nSPS) is 14.6. The summed E-state index contributed by atoms with van der Waals surface area (Å²) in [5.41, 5.74) is 2.95. The van der Waals surface area contributed by atoms with Crippen molar-refractivity contribution in [3.63, 3.8) is 0 Å². The van der Waals surface area contributed by atoms with E-state index in [2.05, 4.69) is 17.2 Å². The maximum absolute atomic E-state index is 12.7. The predicted molar refractivity (Wildman–Crippen MR) is 126 cm³/mol. The molecule has 1 amide bonds. The Balaban J connectivity index is 1.35. The van der Waals surface area contributed by atoms with Crippen LogP contribution in [0.3, 0.4) is 0 Å². The Morgan fingerprint density at radius 2 is 1.72 bits per heavy atom. The van der Waals surface area contributed by atoms with Crippen LogP contribution in [0, 0.1) is 0 Å². The summed E-state index contributed by atoms with van der Waals surface area (Å²) in [5.74, 6) is -0.162. The van der Waals surface area contributed by atoms with Crippen molar-refractivity contribution in [2.45, 2.75) is 19.9 Å². The molecule has 0 saturated carbocycles. The number of carbonyl (C=O) groups is 2. The van der Waals surface area contributed by atoms with Crippen molar-refractivity contribution in [3.05, 3.63) is 70.9 Å². The third-order valence-corrected chi connectivity index (χ3v) is 6.18. The summed E-state index contributed by atoms with van der Waals surface area (Å²) in [7, 11) is 0. The van der Waals surface area contributed by atoms with Crippen LogP contribution >= 0.6 is 11.6 Å². The molecule has 1 aliphatic heterocycles. The van der Waals surface area contributed by atoms with Crippen molar-refractivity contribution < 1.29 is 14.3 Å². The van der Waals surface area contributed by atoms with Gasteiger partial charge in [-0.1, -0.05) is 29.8 Å². The number of hydrogen-bond acceptors (Lipinski definition) is 4. The number of esters is 1. The second-order valence-corrected chi connectivity index (χ2v) is 8.43. The zero-order chi connectivity index (χ0) is 22.5. The van der Waals surface area contributed by atoms with E-state index in [9.17, 15) is 9.59 Å². The molecule has 2 heterocycles. The van der Waals surface area contributed by atoms with Crippen molar-refractivity contribution in [1.29, 1.82) is 0 Å². The lowest BCUT2D eigenvalue weighted by Gasteiger charge is -2.34. The van der Waals surface area contributed by atoms with E-state index >= 15 is 0 Å². The average molecular weight is 454 g/mol. The molecule has 7 heteroatoms. The van der Waals surface area contributed by atoms with E-state index < -0.39 is 0 Å². The number of ether oxygens (including phenoxy) is 1. The molecular weight excluding hydrogens is 426 g/mol. The number of amides is 1. The number of carbonyl (C=O) groups excluding carboxylic acids is 2. The molecule has 168 valence electrons. The molecule has 2 aromatic carbocycles. The van der Waals surface area contributed by atoms with Crippen molar-refractivity contribution in [2.75, 3.05) is 39.3 Å². The molecule has 0 N–H and O–H groups in total. The van der Waals surface area contributed by atoms with Crippen LogP contribution in [0.15, 0.2) is 54.7 Å². The molecule has 32 heavy (non-hydrogen) atoms. The summed E-state index contributed by atoms with van der Waals surface area (Å²) in [5, 5.41) is 1.81. The second kappa shape index (κ2) is 10.2. The molecule has 6 nitrogen and oxygen atoms in total. The van der Waals surface area contributed by atoms with E-state index in [0.717, 1.165) is 31.6 Å². The minimum Gasteiger partial charge on any atom is -0.465 e. The van der Waals surface area contributed by atoms with Crippen LogP contribution < -0.4 is 0 Å². The van der Waals surface area contributed by atoms with E-state index in [-0.39, 0.29) is 18.4 Å². The van der Waals surface area contributed by atoms with Gasteiger partial charge in [-0.25, -0.2) is 0 Å². The highest BCUT2D eigenvalue weighted by Crippen LogP contribution is 2.22. The first-order valence-electron chi connectivity index (χ1n) is 11.0. The van der Waals surface area contributed by atoms with Gasteiger partial charge in [0.2, 0.25) is 0 Å². The van der Waals surface area contributed by atoms with Gasteiger partial charge in [0.15, 0.2) is 0 Å². The molecule has 1 aromatic heterocycles.